The van der Waals surface area contributed by atoms with Gasteiger partial charge in [-0.1, -0.05) is 12.1 Å². The monoisotopic (exact) mass is 695 g/mol. The predicted octanol–water partition coefficient (Wildman–Crippen LogP) is 8.42. The number of carbonyl (C=O) groups is 2. The standard InChI is InChI=1S/C25H13F11INO2/c26-15-6-4-12(5-7-15)21(40)38-16-3-1-2-13(8-16)20(39)11-17-18(23(28,29)30)9-14(10-19(17)37)22(27,24(31,32)33)25(34,35)36/h1-10H,11H2,(H,38,40). The van der Waals surface area contributed by atoms with Crippen LogP contribution < -0.4 is 5.32 Å². The Balaban J connectivity index is 1.98. The normalized spacial score (nSPS) is 12.8. The maximum absolute atomic E-state index is 14.5. The number of hydrogen-bond donors (Lipinski definition) is 1. The van der Waals surface area contributed by atoms with E-state index >= 15 is 0 Å². The molecule has 0 aromatic heterocycles. The summed E-state index contributed by atoms with van der Waals surface area (Å²) in [4.78, 5) is 25.1. The van der Waals surface area contributed by atoms with Gasteiger partial charge in [-0.15, -0.1) is 0 Å². The van der Waals surface area contributed by atoms with Crippen LogP contribution in [0.3, 0.4) is 0 Å². The van der Waals surface area contributed by atoms with Crippen molar-refractivity contribution in [3.8, 4) is 0 Å². The molecule has 1 N–H and O–H groups in total. The maximum atomic E-state index is 14.5. The Bertz CT molecular complexity index is 1410. The van der Waals surface area contributed by atoms with Gasteiger partial charge in [-0.3, -0.25) is 9.59 Å². The molecule has 0 atom stereocenters. The zero-order valence-electron chi connectivity index (χ0n) is 19.3. The summed E-state index contributed by atoms with van der Waals surface area (Å²) >= 11 is 0.995. The van der Waals surface area contributed by atoms with E-state index in [1.54, 1.807) is 0 Å². The fraction of sp³-hybridized carbons (Fsp3) is 0.200. The fourth-order valence-corrected chi connectivity index (χ4v) is 4.41. The topological polar surface area (TPSA) is 46.2 Å². The molecule has 0 aliphatic heterocycles. The number of amides is 1. The number of rotatable bonds is 6. The Morgan fingerprint density at radius 2 is 1.32 bits per heavy atom. The lowest BCUT2D eigenvalue weighted by Crippen LogP contribution is -2.50. The zero-order valence-corrected chi connectivity index (χ0v) is 21.5. The summed E-state index contributed by atoms with van der Waals surface area (Å²) in [6.45, 7) is 0. The minimum Gasteiger partial charge on any atom is -0.322 e. The summed E-state index contributed by atoms with van der Waals surface area (Å²) in [5, 5.41) is 2.39. The van der Waals surface area contributed by atoms with Crippen molar-refractivity contribution >= 4 is 40.0 Å². The molecular formula is C25H13F11INO2. The minimum atomic E-state index is -6.65. The van der Waals surface area contributed by atoms with Crippen LogP contribution in [0.5, 0.6) is 0 Å². The van der Waals surface area contributed by atoms with Crippen LogP contribution in [0.15, 0.2) is 60.7 Å². The van der Waals surface area contributed by atoms with Crippen LogP contribution >= 0.6 is 22.6 Å². The third-order valence-corrected chi connectivity index (χ3v) is 6.53. The molecule has 0 radical (unpaired) electrons. The zero-order chi connectivity index (χ0) is 30.3. The van der Waals surface area contributed by atoms with E-state index in [0.29, 0.717) is 0 Å². The molecule has 0 bridgehead atoms. The molecule has 40 heavy (non-hydrogen) atoms. The molecule has 214 valence electrons. The van der Waals surface area contributed by atoms with Crippen molar-refractivity contribution in [2.24, 2.45) is 0 Å². The second-order valence-corrected chi connectivity index (χ2v) is 9.44. The van der Waals surface area contributed by atoms with Gasteiger partial charge < -0.3 is 5.32 Å². The number of benzene rings is 3. The molecule has 0 aliphatic carbocycles. The fourth-order valence-electron chi connectivity index (χ4n) is 3.59. The smallest absolute Gasteiger partial charge is 0.322 e. The highest BCUT2D eigenvalue weighted by molar-refractivity contribution is 14.1. The average Bonchev–Trinajstić information content (AvgIpc) is 2.83. The first kappa shape index (κ1) is 31.3. The number of halogens is 12. The summed E-state index contributed by atoms with van der Waals surface area (Å²) < 4.78 is 147. The van der Waals surface area contributed by atoms with E-state index in [4.69, 9.17) is 0 Å². The SMILES string of the molecule is O=C(Cc1c(I)cc(C(F)(C(F)(F)F)C(F)(F)F)cc1C(F)(F)F)c1cccc(NC(=O)c2ccc(F)cc2)c1. The Hall–Kier alpha value is -3.24. The third kappa shape index (κ3) is 6.39. The van der Waals surface area contributed by atoms with Crippen molar-refractivity contribution in [3.05, 3.63) is 97.9 Å². The summed E-state index contributed by atoms with van der Waals surface area (Å²) in [6.07, 6.45) is -20.0. The van der Waals surface area contributed by atoms with Crippen LogP contribution in [0, 0.1) is 9.39 Å². The molecule has 0 heterocycles. The highest BCUT2D eigenvalue weighted by atomic mass is 127. The van der Waals surface area contributed by atoms with E-state index in [1.165, 1.54) is 12.1 Å². The molecule has 0 fully saturated rings. The molecule has 0 saturated carbocycles. The van der Waals surface area contributed by atoms with E-state index in [1.807, 2.05) is 0 Å². The molecule has 0 spiro atoms. The number of hydrogen-bond acceptors (Lipinski definition) is 2. The van der Waals surface area contributed by atoms with Crippen molar-refractivity contribution in [2.75, 3.05) is 5.32 Å². The van der Waals surface area contributed by atoms with E-state index in [9.17, 15) is 57.9 Å². The molecule has 0 unspecified atom stereocenters. The maximum Gasteiger partial charge on any atom is 0.435 e. The molecule has 1 amide bonds. The lowest BCUT2D eigenvalue weighted by molar-refractivity contribution is -0.348. The number of ketones is 1. The second kappa shape index (κ2) is 11.0. The van der Waals surface area contributed by atoms with Crippen LogP contribution in [0.4, 0.5) is 54.0 Å². The van der Waals surface area contributed by atoms with Gasteiger partial charge in [-0.2, -0.15) is 39.5 Å². The van der Waals surface area contributed by atoms with E-state index in [-0.39, 0.29) is 22.9 Å². The van der Waals surface area contributed by atoms with Crippen LogP contribution in [0.2, 0.25) is 0 Å². The van der Waals surface area contributed by atoms with Crippen LogP contribution in [0.1, 0.15) is 37.4 Å². The van der Waals surface area contributed by atoms with Gasteiger partial charge in [0, 0.05) is 32.4 Å². The number of anilines is 1. The highest BCUT2D eigenvalue weighted by Gasteiger charge is 2.73. The van der Waals surface area contributed by atoms with Gasteiger partial charge in [0.05, 0.1) is 5.56 Å². The summed E-state index contributed by atoms with van der Waals surface area (Å²) in [5.41, 5.74) is -11.7. The largest absolute Gasteiger partial charge is 0.435 e. The van der Waals surface area contributed by atoms with Crippen LogP contribution in [-0.4, -0.2) is 24.0 Å². The van der Waals surface area contributed by atoms with Gasteiger partial charge in [-0.25, -0.2) is 8.78 Å². The minimum absolute atomic E-state index is 0.00108. The second-order valence-electron chi connectivity index (χ2n) is 8.28. The van der Waals surface area contributed by atoms with Gasteiger partial charge in [-0.05, 0) is 76.7 Å². The molecule has 3 aromatic carbocycles. The van der Waals surface area contributed by atoms with Gasteiger partial charge in [0.25, 0.3) is 5.91 Å². The average molecular weight is 695 g/mol. The first-order valence-electron chi connectivity index (χ1n) is 10.7. The number of carbonyl (C=O) groups excluding carboxylic acids is 2. The lowest BCUT2D eigenvalue weighted by Gasteiger charge is -2.31. The van der Waals surface area contributed by atoms with Gasteiger partial charge in [0.1, 0.15) is 5.82 Å². The molecule has 15 heteroatoms. The predicted molar refractivity (Wildman–Crippen MR) is 128 cm³/mol. The molecule has 0 aliphatic rings. The molecule has 3 rings (SSSR count). The van der Waals surface area contributed by atoms with E-state index in [2.05, 4.69) is 5.32 Å². The van der Waals surface area contributed by atoms with Crippen molar-refractivity contribution in [1.82, 2.24) is 0 Å². The van der Waals surface area contributed by atoms with E-state index in [0.717, 1.165) is 59.0 Å². The Morgan fingerprint density at radius 1 is 0.750 bits per heavy atom. The highest BCUT2D eigenvalue weighted by Crippen LogP contribution is 2.54. The number of alkyl halides is 10. The van der Waals surface area contributed by atoms with Gasteiger partial charge in [0.2, 0.25) is 0 Å². The first-order valence-corrected chi connectivity index (χ1v) is 11.8. The van der Waals surface area contributed by atoms with Gasteiger partial charge in [0.15, 0.2) is 5.78 Å². The quantitative estimate of drug-likeness (QED) is 0.160. The molecule has 0 saturated heterocycles. The lowest BCUT2D eigenvalue weighted by atomic mass is 9.89. The van der Waals surface area contributed by atoms with Crippen molar-refractivity contribution in [1.29, 1.82) is 0 Å². The third-order valence-electron chi connectivity index (χ3n) is 5.57. The number of Topliss-reactive ketones (excluding diaryl/α,β-unsaturated/α-hetero) is 1. The Labute approximate surface area is 231 Å². The molecular weight excluding hydrogens is 682 g/mol. The summed E-state index contributed by atoms with van der Waals surface area (Å²) in [5.74, 6) is -2.38. The Morgan fingerprint density at radius 3 is 1.85 bits per heavy atom. The summed E-state index contributed by atoms with van der Waals surface area (Å²) in [7, 11) is 0. The summed E-state index contributed by atoms with van der Waals surface area (Å²) in [6, 6.07) is 8.46. The van der Waals surface area contributed by atoms with E-state index < -0.39 is 74.5 Å². The number of nitrogens with one attached hydrogen (secondary N) is 1. The van der Waals surface area contributed by atoms with Crippen molar-refractivity contribution < 1.29 is 57.9 Å². The first-order chi connectivity index (χ1) is 18.3. The van der Waals surface area contributed by atoms with Crippen molar-refractivity contribution in [2.45, 2.75) is 30.6 Å². The van der Waals surface area contributed by atoms with Crippen molar-refractivity contribution in [3.63, 3.8) is 0 Å². The molecule has 3 nitrogen and oxygen atoms in total. The molecule has 3 aromatic rings. The Kier molecular flexibility index (Phi) is 8.58. The van der Waals surface area contributed by atoms with Crippen LogP contribution in [-0.2, 0) is 18.3 Å². The van der Waals surface area contributed by atoms with Crippen LogP contribution in [0.25, 0.3) is 0 Å². The van der Waals surface area contributed by atoms with Gasteiger partial charge >= 0.3 is 24.2 Å².